The first-order chi connectivity index (χ1) is 15.1. The van der Waals surface area contributed by atoms with Crippen molar-refractivity contribution in [3.8, 4) is 21.9 Å². The number of aromatic nitrogens is 4. The molecule has 4 aromatic heterocycles. The summed E-state index contributed by atoms with van der Waals surface area (Å²) in [6.45, 7) is 4.09. The van der Waals surface area contributed by atoms with Crippen LogP contribution < -0.4 is 5.32 Å². The summed E-state index contributed by atoms with van der Waals surface area (Å²) in [4.78, 5) is 23.0. The van der Waals surface area contributed by atoms with Crippen molar-refractivity contribution in [3.63, 3.8) is 0 Å². The van der Waals surface area contributed by atoms with E-state index in [4.69, 9.17) is 9.40 Å². The van der Waals surface area contributed by atoms with Gasteiger partial charge in [-0.1, -0.05) is 6.07 Å². The Morgan fingerprint density at radius 1 is 1.16 bits per heavy atom. The molecule has 0 fully saturated rings. The molecule has 31 heavy (non-hydrogen) atoms. The molecule has 1 amide bonds. The minimum absolute atomic E-state index is 0.128. The second kappa shape index (κ2) is 7.81. The first kappa shape index (κ1) is 19.2. The van der Waals surface area contributed by atoms with Crippen LogP contribution in [0.4, 0.5) is 5.69 Å². The molecule has 5 rings (SSSR count). The Kier molecular flexibility index (Phi) is 4.83. The van der Waals surface area contributed by atoms with Crippen LogP contribution in [-0.4, -0.2) is 25.7 Å². The Balaban J connectivity index is 1.52. The standard InChI is InChI=1S/C23H19N5O2S/c1-14(2)28-22-18(11-25-28)17(10-19(27-22)21-4-3-9-31-21)23(29)26-16-7-5-15(6-8-16)20-12-24-13-30-20/h3-14H,1-2H3,(H,26,29). The highest BCUT2D eigenvalue weighted by atomic mass is 32.1. The molecule has 0 saturated heterocycles. The molecule has 1 N–H and O–H groups in total. The predicted octanol–water partition coefficient (Wildman–Crippen LogP) is 5.65. The number of hydrogen-bond acceptors (Lipinski definition) is 6. The van der Waals surface area contributed by atoms with Gasteiger partial charge in [0.25, 0.3) is 5.91 Å². The van der Waals surface area contributed by atoms with Crippen LogP contribution in [0, 0.1) is 0 Å². The lowest BCUT2D eigenvalue weighted by Crippen LogP contribution is -2.13. The number of pyridine rings is 1. The minimum Gasteiger partial charge on any atom is -0.444 e. The lowest BCUT2D eigenvalue weighted by Gasteiger charge is -2.11. The molecule has 0 aliphatic carbocycles. The van der Waals surface area contributed by atoms with E-state index in [0.717, 1.165) is 21.5 Å². The molecule has 0 aliphatic heterocycles. The largest absolute Gasteiger partial charge is 0.444 e. The van der Waals surface area contributed by atoms with E-state index in [9.17, 15) is 4.79 Å². The fraction of sp³-hybridized carbons (Fsp3) is 0.130. The number of thiophene rings is 1. The van der Waals surface area contributed by atoms with Crippen molar-refractivity contribution < 1.29 is 9.21 Å². The highest BCUT2D eigenvalue weighted by molar-refractivity contribution is 7.13. The van der Waals surface area contributed by atoms with E-state index < -0.39 is 0 Å². The van der Waals surface area contributed by atoms with Gasteiger partial charge >= 0.3 is 0 Å². The zero-order chi connectivity index (χ0) is 21.4. The predicted molar refractivity (Wildman–Crippen MR) is 121 cm³/mol. The molecule has 8 heteroatoms. The van der Waals surface area contributed by atoms with Gasteiger partial charge in [0.1, 0.15) is 0 Å². The number of benzene rings is 1. The summed E-state index contributed by atoms with van der Waals surface area (Å²) in [5.74, 6) is 0.469. The van der Waals surface area contributed by atoms with Crippen molar-refractivity contribution in [1.29, 1.82) is 0 Å². The van der Waals surface area contributed by atoms with Crippen molar-refractivity contribution in [2.45, 2.75) is 19.9 Å². The average Bonchev–Trinajstić information content (AvgIpc) is 3.55. The van der Waals surface area contributed by atoms with E-state index in [0.29, 0.717) is 22.7 Å². The quantitative estimate of drug-likeness (QED) is 0.390. The van der Waals surface area contributed by atoms with E-state index in [2.05, 4.69) is 15.4 Å². The number of nitrogens with one attached hydrogen (secondary N) is 1. The summed E-state index contributed by atoms with van der Waals surface area (Å²) in [5, 5.41) is 10.2. The van der Waals surface area contributed by atoms with E-state index >= 15 is 0 Å². The second-order valence-electron chi connectivity index (χ2n) is 7.35. The fourth-order valence-corrected chi connectivity index (χ4v) is 4.10. The van der Waals surface area contributed by atoms with Crippen LogP contribution in [0.5, 0.6) is 0 Å². The van der Waals surface area contributed by atoms with Crippen LogP contribution in [0.2, 0.25) is 0 Å². The number of oxazole rings is 1. The van der Waals surface area contributed by atoms with Gasteiger partial charge in [0.05, 0.1) is 33.9 Å². The highest BCUT2D eigenvalue weighted by Crippen LogP contribution is 2.29. The lowest BCUT2D eigenvalue weighted by molar-refractivity contribution is 0.102. The topological polar surface area (TPSA) is 85.8 Å². The Morgan fingerprint density at radius 3 is 2.68 bits per heavy atom. The van der Waals surface area contributed by atoms with Crippen LogP contribution in [-0.2, 0) is 0 Å². The zero-order valence-electron chi connectivity index (χ0n) is 16.9. The number of hydrogen-bond donors (Lipinski definition) is 1. The first-order valence-corrected chi connectivity index (χ1v) is 10.7. The van der Waals surface area contributed by atoms with Gasteiger partial charge in [-0.2, -0.15) is 5.10 Å². The number of nitrogens with zero attached hydrogens (tertiary/aromatic N) is 4. The summed E-state index contributed by atoms with van der Waals surface area (Å²) in [6.07, 6.45) is 4.75. The Bertz CT molecular complexity index is 1340. The second-order valence-corrected chi connectivity index (χ2v) is 8.30. The van der Waals surface area contributed by atoms with E-state index in [1.54, 1.807) is 23.7 Å². The van der Waals surface area contributed by atoms with Gasteiger partial charge in [0, 0.05) is 17.3 Å². The maximum atomic E-state index is 13.2. The van der Waals surface area contributed by atoms with Gasteiger partial charge < -0.3 is 9.73 Å². The molecule has 5 aromatic rings. The highest BCUT2D eigenvalue weighted by Gasteiger charge is 2.19. The summed E-state index contributed by atoms with van der Waals surface area (Å²) in [5.41, 5.74) is 3.58. The molecule has 1 aromatic carbocycles. The SMILES string of the molecule is CC(C)n1ncc2c(C(=O)Nc3ccc(-c4cnco4)cc3)cc(-c3cccs3)nc21. The van der Waals surface area contributed by atoms with Crippen molar-refractivity contribution in [1.82, 2.24) is 19.7 Å². The van der Waals surface area contributed by atoms with E-state index in [1.807, 2.05) is 66.4 Å². The van der Waals surface area contributed by atoms with Crippen LogP contribution >= 0.6 is 11.3 Å². The molecule has 7 nitrogen and oxygen atoms in total. The van der Waals surface area contributed by atoms with Crippen LogP contribution in [0.1, 0.15) is 30.2 Å². The van der Waals surface area contributed by atoms with Crippen molar-refractivity contribution >= 4 is 34.0 Å². The van der Waals surface area contributed by atoms with Crippen molar-refractivity contribution in [2.24, 2.45) is 0 Å². The summed E-state index contributed by atoms with van der Waals surface area (Å²) in [6, 6.07) is 13.4. The third-order valence-corrected chi connectivity index (χ3v) is 5.83. The Hall–Kier alpha value is -3.78. The number of amides is 1. The van der Waals surface area contributed by atoms with Gasteiger partial charge in [-0.25, -0.2) is 14.6 Å². The number of anilines is 1. The fourth-order valence-electron chi connectivity index (χ4n) is 3.41. The van der Waals surface area contributed by atoms with Crippen molar-refractivity contribution in [3.05, 3.63) is 72.2 Å². The molecular weight excluding hydrogens is 410 g/mol. The summed E-state index contributed by atoms with van der Waals surface area (Å²) < 4.78 is 7.16. The van der Waals surface area contributed by atoms with Gasteiger partial charge in [0.15, 0.2) is 17.8 Å². The van der Waals surface area contributed by atoms with Crippen LogP contribution in [0.15, 0.2) is 71.0 Å². The van der Waals surface area contributed by atoms with Gasteiger partial charge in [0.2, 0.25) is 0 Å². The van der Waals surface area contributed by atoms with Crippen molar-refractivity contribution in [2.75, 3.05) is 5.32 Å². The molecule has 4 heterocycles. The van der Waals surface area contributed by atoms with E-state index in [1.165, 1.54) is 6.39 Å². The third-order valence-electron chi connectivity index (χ3n) is 4.93. The molecule has 0 bridgehead atoms. The zero-order valence-corrected chi connectivity index (χ0v) is 17.8. The molecule has 0 radical (unpaired) electrons. The third kappa shape index (κ3) is 3.62. The van der Waals surface area contributed by atoms with E-state index in [-0.39, 0.29) is 11.9 Å². The Morgan fingerprint density at radius 2 is 2.00 bits per heavy atom. The number of carbonyl (C=O) groups is 1. The molecule has 0 atom stereocenters. The maximum absolute atomic E-state index is 13.2. The van der Waals surface area contributed by atoms with Gasteiger partial charge in [-0.3, -0.25) is 4.79 Å². The van der Waals surface area contributed by atoms with Crippen LogP contribution in [0.25, 0.3) is 32.9 Å². The normalized spacial score (nSPS) is 11.3. The average molecular weight is 430 g/mol. The summed E-state index contributed by atoms with van der Waals surface area (Å²) >= 11 is 1.59. The molecule has 0 aliphatic rings. The maximum Gasteiger partial charge on any atom is 0.256 e. The first-order valence-electron chi connectivity index (χ1n) is 9.82. The van der Waals surface area contributed by atoms with Crippen LogP contribution in [0.3, 0.4) is 0 Å². The lowest BCUT2D eigenvalue weighted by atomic mass is 10.1. The smallest absolute Gasteiger partial charge is 0.256 e. The molecule has 0 saturated carbocycles. The number of fused-ring (bicyclic) bond motifs is 1. The summed E-state index contributed by atoms with van der Waals surface area (Å²) in [7, 11) is 0. The Labute approximate surface area is 182 Å². The molecule has 154 valence electrons. The van der Waals surface area contributed by atoms with Gasteiger partial charge in [-0.05, 0) is 55.6 Å². The molecule has 0 unspecified atom stereocenters. The minimum atomic E-state index is -0.207. The monoisotopic (exact) mass is 429 g/mol. The van der Waals surface area contributed by atoms with Gasteiger partial charge in [-0.15, -0.1) is 11.3 Å². The number of rotatable bonds is 5. The number of carbonyl (C=O) groups excluding carboxylic acids is 1. The molecular formula is C23H19N5O2S. The molecule has 0 spiro atoms.